The number of anilines is 1. The monoisotopic (exact) mass is 611 g/mol. The number of aliphatic hydroxyl groups is 1. The van der Waals surface area contributed by atoms with E-state index in [-0.39, 0.29) is 19.0 Å². The third-order valence-electron chi connectivity index (χ3n) is 7.10. The molecule has 0 radical (unpaired) electrons. The van der Waals surface area contributed by atoms with Crippen LogP contribution in [-0.2, 0) is 25.5 Å². The van der Waals surface area contributed by atoms with Crippen molar-refractivity contribution in [1.82, 2.24) is 21.1 Å². The lowest BCUT2D eigenvalue weighted by Crippen LogP contribution is -2.59. The highest BCUT2D eigenvalue weighted by Gasteiger charge is 2.39. The van der Waals surface area contributed by atoms with Crippen LogP contribution in [0.3, 0.4) is 0 Å². The third-order valence-corrected chi connectivity index (χ3v) is 7.10. The van der Waals surface area contributed by atoms with E-state index < -0.39 is 53.7 Å². The van der Waals surface area contributed by atoms with Gasteiger partial charge in [0.2, 0.25) is 12.0 Å². The van der Waals surface area contributed by atoms with Crippen LogP contribution in [0.15, 0.2) is 60.7 Å². The zero-order chi connectivity index (χ0) is 32.4. The lowest BCUT2D eigenvalue weighted by Gasteiger charge is -2.34. The Balaban J connectivity index is 1.76. The molecule has 44 heavy (non-hydrogen) atoms. The maximum atomic E-state index is 13.5. The number of cyclic esters (lactones) is 1. The number of hydrazine groups is 1. The number of alkyl carbamates (subject to hydrolysis) is 1. The first kappa shape index (κ1) is 34.3. The second kappa shape index (κ2) is 15.5. The van der Waals surface area contributed by atoms with Crippen LogP contribution in [0.5, 0.6) is 0 Å². The summed E-state index contributed by atoms with van der Waals surface area (Å²) in [6, 6.07) is 16.6. The highest BCUT2D eigenvalue weighted by molar-refractivity contribution is 5.95. The molecule has 12 nitrogen and oxygen atoms in total. The molecule has 12 heteroatoms. The average molecular weight is 612 g/mol. The minimum Gasteiger partial charge on any atom is -0.453 e. The third kappa shape index (κ3) is 9.95. The molecule has 1 aliphatic heterocycles. The molecular formula is C32H45N5O7. The van der Waals surface area contributed by atoms with Crippen molar-refractivity contribution < 1.29 is 33.8 Å². The van der Waals surface area contributed by atoms with E-state index in [0.29, 0.717) is 18.7 Å². The number of amides is 4. The SMILES string of the molecule is COC(=O)NC(C(=O)NC(Cc1ccccc1)[C@@H](O)CN(CC(C)C)NC(=O)C1CN(c2ccccc2)C(=O)O1)C(C)(C)C. The summed E-state index contributed by atoms with van der Waals surface area (Å²) >= 11 is 0. The highest BCUT2D eigenvalue weighted by Crippen LogP contribution is 2.22. The summed E-state index contributed by atoms with van der Waals surface area (Å²) in [6.07, 6.45) is -3.26. The molecule has 0 spiro atoms. The van der Waals surface area contributed by atoms with Crippen molar-refractivity contribution in [3.05, 3.63) is 66.2 Å². The number of para-hydroxylation sites is 1. The molecule has 240 valence electrons. The minimum atomic E-state index is -1.14. The number of nitrogens with one attached hydrogen (secondary N) is 3. The van der Waals surface area contributed by atoms with Gasteiger partial charge < -0.3 is 25.2 Å². The van der Waals surface area contributed by atoms with Gasteiger partial charge in [0, 0.05) is 18.8 Å². The van der Waals surface area contributed by atoms with E-state index in [9.17, 15) is 24.3 Å². The normalized spacial score (nSPS) is 17.1. The molecule has 2 aromatic carbocycles. The first-order chi connectivity index (χ1) is 20.8. The fourth-order valence-corrected chi connectivity index (χ4v) is 4.88. The fourth-order valence-electron chi connectivity index (χ4n) is 4.88. The number of aliphatic hydroxyl groups excluding tert-OH is 1. The summed E-state index contributed by atoms with van der Waals surface area (Å²) in [5, 5.41) is 18.6. The van der Waals surface area contributed by atoms with Gasteiger partial charge in [0.1, 0.15) is 6.04 Å². The summed E-state index contributed by atoms with van der Waals surface area (Å²) in [4.78, 5) is 52.7. The molecule has 1 heterocycles. The average Bonchev–Trinajstić information content (AvgIpc) is 3.37. The van der Waals surface area contributed by atoms with Gasteiger partial charge in [-0.05, 0) is 35.4 Å². The van der Waals surface area contributed by atoms with E-state index in [2.05, 4.69) is 16.1 Å². The summed E-state index contributed by atoms with van der Waals surface area (Å²) in [6.45, 7) is 9.75. The molecule has 4 N–H and O–H groups in total. The van der Waals surface area contributed by atoms with Crippen molar-refractivity contribution in [2.24, 2.45) is 11.3 Å². The van der Waals surface area contributed by atoms with Gasteiger partial charge in [-0.25, -0.2) is 14.6 Å². The molecule has 4 amide bonds. The number of rotatable bonds is 13. The van der Waals surface area contributed by atoms with Crippen LogP contribution in [0.2, 0.25) is 0 Å². The molecule has 2 aromatic rings. The Hall–Kier alpha value is -4.16. The molecule has 0 bridgehead atoms. The van der Waals surface area contributed by atoms with E-state index in [4.69, 9.17) is 9.47 Å². The Morgan fingerprint density at radius 2 is 1.64 bits per heavy atom. The van der Waals surface area contributed by atoms with Crippen LogP contribution in [0, 0.1) is 11.3 Å². The van der Waals surface area contributed by atoms with Crippen molar-refractivity contribution in [2.75, 3.05) is 31.6 Å². The number of hydrogen-bond donors (Lipinski definition) is 4. The Morgan fingerprint density at radius 1 is 1.02 bits per heavy atom. The maximum absolute atomic E-state index is 13.5. The number of benzene rings is 2. The summed E-state index contributed by atoms with van der Waals surface area (Å²) in [5.41, 5.74) is 3.65. The minimum absolute atomic E-state index is 0.0324. The Bertz CT molecular complexity index is 1250. The predicted octanol–water partition coefficient (Wildman–Crippen LogP) is 2.86. The van der Waals surface area contributed by atoms with E-state index in [1.54, 1.807) is 29.3 Å². The molecule has 3 rings (SSSR count). The van der Waals surface area contributed by atoms with E-state index in [1.165, 1.54) is 12.0 Å². The van der Waals surface area contributed by atoms with Crippen molar-refractivity contribution in [3.63, 3.8) is 0 Å². The summed E-state index contributed by atoms with van der Waals surface area (Å²) in [7, 11) is 1.22. The quantitative estimate of drug-likeness (QED) is 0.253. The number of carbonyl (C=O) groups is 4. The van der Waals surface area contributed by atoms with Gasteiger partial charge in [-0.2, -0.15) is 0 Å². The molecule has 3 unspecified atom stereocenters. The first-order valence-corrected chi connectivity index (χ1v) is 14.7. The van der Waals surface area contributed by atoms with Crippen molar-refractivity contribution >= 4 is 29.7 Å². The largest absolute Gasteiger partial charge is 0.453 e. The van der Waals surface area contributed by atoms with Crippen LogP contribution >= 0.6 is 0 Å². The Kier molecular flexibility index (Phi) is 12.1. The topological polar surface area (TPSA) is 150 Å². The van der Waals surface area contributed by atoms with E-state index in [1.807, 2.05) is 71.0 Å². The van der Waals surface area contributed by atoms with Crippen molar-refractivity contribution in [1.29, 1.82) is 0 Å². The Morgan fingerprint density at radius 3 is 2.20 bits per heavy atom. The number of carbonyl (C=O) groups excluding carboxylic acids is 4. The zero-order valence-corrected chi connectivity index (χ0v) is 26.3. The second-order valence-corrected chi connectivity index (χ2v) is 12.4. The molecule has 1 aliphatic rings. The fraction of sp³-hybridized carbons (Fsp3) is 0.500. The molecule has 4 atom stereocenters. The van der Waals surface area contributed by atoms with E-state index >= 15 is 0 Å². The first-order valence-electron chi connectivity index (χ1n) is 14.7. The van der Waals surface area contributed by atoms with Gasteiger partial charge in [0.25, 0.3) is 5.91 Å². The van der Waals surface area contributed by atoms with Crippen molar-refractivity contribution in [2.45, 2.75) is 65.3 Å². The van der Waals surface area contributed by atoms with Crippen LogP contribution in [0.25, 0.3) is 0 Å². The van der Waals surface area contributed by atoms with Crippen LogP contribution in [0.1, 0.15) is 40.2 Å². The van der Waals surface area contributed by atoms with Crippen LogP contribution in [0.4, 0.5) is 15.3 Å². The smallest absolute Gasteiger partial charge is 0.415 e. The van der Waals surface area contributed by atoms with Gasteiger partial charge in [0.15, 0.2) is 0 Å². The van der Waals surface area contributed by atoms with Crippen LogP contribution in [-0.4, -0.2) is 85.2 Å². The molecule has 0 saturated carbocycles. The van der Waals surface area contributed by atoms with Crippen molar-refractivity contribution in [3.8, 4) is 0 Å². The maximum Gasteiger partial charge on any atom is 0.415 e. The molecule has 1 fully saturated rings. The van der Waals surface area contributed by atoms with Gasteiger partial charge in [-0.1, -0.05) is 83.1 Å². The highest BCUT2D eigenvalue weighted by atomic mass is 16.6. The molecule has 0 aromatic heterocycles. The molecule has 0 aliphatic carbocycles. The zero-order valence-electron chi connectivity index (χ0n) is 26.3. The van der Waals surface area contributed by atoms with Gasteiger partial charge >= 0.3 is 12.2 Å². The lowest BCUT2D eigenvalue weighted by atomic mass is 9.85. The van der Waals surface area contributed by atoms with Gasteiger partial charge in [0.05, 0.1) is 25.8 Å². The Labute approximate surface area is 259 Å². The molecular weight excluding hydrogens is 566 g/mol. The van der Waals surface area contributed by atoms with Gasteiger partial charge in [-0.15, -0.1) is 0 Å². The number of methoxy groups -OCH3 is 1. The second-order valence-electron chi connectivity index (χ2n) is 12.4. The summed E-state index contributed by atoms with van der Waals surface area (Å²) < 4.78 is 10.1. The number of nitrogens with zero attached hydrogens (tertiary/aromatic N) is 2. The lowest BCUT2D eigenvalue weighted by molar-refractivity contribution is -0.134. The summed E-state index contributed by atoms with van der Waals surface area (Å²) in [5.74, 6) is -0.907. The van der Waals surface area contributed by atoms with Gasteiger partial charge in [-0.3, -0.25) is 19.9 Å². The van der Waals surface area contributed by atoms with E-state index in [0.717, 1.165) is 5.56 Å². The molecule has 1 saturated heterocycles. The number of hydrogen-bond acceptors (Lipinski definition) is 8. The van der Waals surface area contributed by atoms with Crippen LogP contribution < -0.4 is 21.0 Å². The number of ether oxygens (including phenoxy) is 2. The standard InChI is InChI=1S/C32H45N5O7/c1-21(2)18-36(35-28(39)26-20-37(31(42)44-26)23-15-11-8-12-16-23)19-25(38)24(17-22-13-9-7-10-14-22)33-29(40)27(32(3,4)5)34-30(41)43-6/h7-16,21,24-27,38H,17-20H2,1-6H3,(H,33,40)(H,34,41)(H,35,39)/t24?,25-,26?,27?/m0/s1. The predicted molar refractivity (Wildman–Crippen MR) is 165 cm³/mol.